The largest absolute Gasteiger partial charge is 0.367 e. The summed E-state index contributed by atoms with van der Waals surface area (Å²) in [5.74, 6) is 0.567. The minimum absolute atomic E-state index is 0.187. The topological polar surface area (TPSA) is 189 Å². The molecular weight excluding hydrogens is 416 g/mol. The number of hydrogen-bond donors (Lipinski definition) is 5. The number of rotatable bonds is 11. The van der Waals surface area contributed by atoms with Gasteiger partial charge in [0.05, 0.1) is 25.6 Å². The summed E-state index contributed by atoms with van der Waals surface area (Å²) in [5.41, 5.74) is 0.937. The third-order valence-corrected chi connectivity index (χ3v) is 4.85. The molecule has 1 aliphatic rings. The molecule has 156 valence electrons. The molecule has 1 aliphatic carbocycles. The molecule has 0 aliphatic heterocycles. The van der Waals surface area contributed by atoms with E-state index in [9.17, 15) is 9.13 Å². The van der Waals surface area contributed by atoms with Gasteiger partial charge in [-0.15, -0.1) is 0 Å². The number of aromatic nitrogens is 4. The van der Waals surface area contributed by atoms with Crippen molar-refractivity contribution in [2.75, 3.05) is 31.2 Å². The summed E-state index contributed by atoms with van der Waals surface area (Å²) in [4.78, 5) is 48.5. The predicted octanol–water partition coefficient (Wildman–Crippen LogP) is 0.245. The van der Waals surface area contributed by atoms with Gasteiger partial charge in [0, 0.05) is 6.04 Å². The minimum atomic E-state index is -4.36. The van der Waals surface area contributed by atoms with Crippen LogP contribution in [0.15, 0.2) is 12.7 Å². The Morgan fingerprint density at radius 2 is 1.68 bits per heavy atom. The van der Waals surface area contributed by atoms with Crippen LogP contribution in [0.5, 0.6) is 0 Å². The maximum atomic E-state index is 11.0. The third kappa shape index (κ3) is 6.29. The molecule has 5 N–H and O–H groups in total. The standard InChI is InChI=1S/C13H21N5O8P2/c19-27(20,21)7-25-3-10(4-26-8-28(22,23)24)18-6-16-11-12(17-9-1-2-9)14-5-15-13(11)18/h5-6,9-10H,1-4,7-8H2,(H,14,15,17)(H2,19,20,21)(H2,22,23,24). The Labute approximate surface area is 159 Å². The van der Waals surface area contributed by atoms with Crippen molar-refractivity contribution in [1.82, 2.24) is 19.5 Å². The number of imidazole rings is 1. The number of anilines is 1. The Bertz CT molecular complexity index is 879. The lowest BCUT2D eigenvalue weighted by Crippen LogP contribution is -2.21. The van der Waals surface area contributed by atoms with Gasteiger partial charge in [-0.05, 0) is 12.8 Å². The second-order valence-corrected chi connectivity index (χ2v) is 9.62. The smallest absolute Gasteiger partial charge is 0.350 e. The Hall–Kier alpha value is -1.43. The molecule has 0 saturated heterocycles. The molecule has 0 amide bonds. The highest BCUT2D eigenvalue weighted by molar-refractivity contribution is 7.51. The molecule has 2 aromatic heterocycles. The maximum absolute atomic E-state index is 11.0. The normalized spacial score (nSPS) is 15.5. The fraction of sp³-hybridized carbons (Fsp3) is 0.615. The zero-order valence-corrected chi connectivity index (χ0v) is 16.4. The molecule has 15 heteroatoms. The van der Waals surface area contributed by atoms with Crippen LogP contribution in [0.4, 0.5) is 5.82 Å². The summed E-state index contributed by atoms with van der Waals surface area (Å²) in [6, 6.07) is -0.330. The maximum Gasteiger partial charge on any atom is 0.350 e. The predicted molar refractivity (Wildman–Crippen MR) is 96.7 cm³/mol. The fourth-order valence-electron chi connectivity index (χ4n) is 2.47. The van der Waals surface area contributed by atoms with Gasteiger partial charge in [-0.1, -0.05) is 0 Å². The monoisotopic (exact) mass is 437 g/mol. The minimum Gasteiger partial charge on any atom is -0.367 e. The van der Waals surface area contributed by atoms with Gasteiger partial charge < -0.3 is 38.9 Å². The summed E-state index contributed by atoms with van der Waals surface area (Å²) < 4.78 is 33.7. The van der Waals surface area contributed by atoms with Crippen LogP contribution in [0.25, 0.3) is 11.2 Å². The van der Waals surface area contributed by atoms with Crippen LogP contribution in [0.2, 0.25) is 0 Å². The van der Waals surface area contributed by atoms with E-state index in [4.69, 9.17) is 29.0 Å². The van der Waals surface area contributed by atoms with Gasteiger partial charge in [0.2, 0.25) is 0 Å². The van der Waals surface area contributed by atoms with Gasteiger partial charge >= 0.3 is 15.2 Å². The van der Waals surface area contributed by atoms with E-state index in [1.807, 2.05) is 0 Å². The summed E-state index contributed by atoms with van der Waals surface area (Å²) in [5, 5.41) is 3.24. The van der Waals surface area contributed by atoms with E-state index in [2.05, 4.69) is 20.3 Å². The molecule has 2 heterocycles. The van der Waals surface area contributed by atoms with Crippen LogP contribution in [0.3, 0.4) is 0 Å². The summed E-state index contributed by atoms with van der Waals surface area (Å²) in [6.07, 6.45) is 3.30. The Morgan fingerprint density at radius 1 is 1.07 bits per heavy atom. The van der Waals surface area contributed by atoms with Gasteiger partial charge in [-0.25, -0.2) is 15.0 Å². The molecule has 0 unspecified atom stereocenters. The van der Waals surface area contributed by atoms with Crippen LogP contribution >= 0.6 is 15.2 Å². The van der Waals surface area contributed by atoms with Crippen molar-refractivity contribution in [3.63, 3.8) is 0 Å². The first kappa shape index (κ1) is 21.3. The molecule has 28 heavy (non-hydrogen) atoms. The van der Waals surface area contributed by atoms with Crippen LogP contribution in [-0.2, 0) is 18.6 Å². The molecule has 0 bridgehead atoms. The molecule has 0 aromatic carbocycles. The lowest BCUT2D eigenvalue weighted by atomic mass is 10.3. The first-order chi connectivity index (χ1) is 13.1. The van der Waals surface area contributed by atoms with Gasteiger partial charge in [0.15, 0.2) is 11.5 Å². The molecule has 1 saturated carbocycles. The molecule has 2 aromatic rings. The van der Waals surface area contributed by atoms with Crippen molar-refractivity contribution in [1.29, 1.82) is 0 Å². The highest BCUT2D eigenvalue weighted by Crippen LogP contribution is 2.36. The van der Waals surface area contributed by atoms with Crippen LogP contribution in [0.1, 0.15) is 18.9 Å². The van der Waals surface area contributed by atoms with Gasteiger partial charge in [-0.3, -0.25) is 9.13 Å². The first-order valence-electron chi connectivity index (χ1n) is 8.31. The fourth-order valence-corrected chi connectivity index (χ4v) is 3.16. The van der Waals surface area contributed by atoms with Crippen LogP contribution in [0, 0.1) is 0 Å². The summed E-state index contributed by atoms with van der Waals surface area (Å²) >= 11 is 0. The first-order valence-corrected chi connectivity index (χ1v) is 11.9. The Kier molecular flexibility index (Phi) is 6.47. The van der Waals surface area contributed by atoms with E-state index in [1.54, 1.807) is 4.57 Å². The molecular formula is C13H21N5O8P2. The second-order valence-electron chi connectivity index (χ2n) is 6.45. The molecule has 0 spiro atoms. The molecule has 13 nitrogen and oxygen atoms in total. The number of nitrogens with zero attached hydrogens (tertiary/aromatic N) is 4. The van der Waals surface area contributed by atoms with Gasteiger partial charge in [0.25, 0.3) is 0 Å². The quantitative estimate of drug-likeness (QED) is 0.302. The second kappa shape index (κ2) is 8.52. The lowest BCUT2D eigenvalue weighted by molar-refractivity contribution is 0.0655. The van der Waals surface area contributed by atoms with Crippen molar-refractivity contribution < 1.29 is 38.2 Å². The van der Waals surface area contributed by atoms with Gasteiger partial charge in [0.1, 0.15) is 24.5 Å². The molecule has 0 radical (unpaired) electrons. The van der Waals surface area contributed by atoms with E-state index in [0.717, 1.165) is 12.8 Å². The van der Waals surface area contributed by atoms with Crippen molar-refractivity contribution in [3.8, 4) is 0 Å². The van der Waals surface area contributed by atoms with E-state index >= 15 is 0 Å². The SMILES string of the molecule is O=P(O)(O)COCC(COCP(=O)(O)O)n1cnc2c(NC3CC3)ncnc21. The highest BCUT2D eigenvalue weighted by atomic mass is 31.2. The number of fused-ring (bicyclic) bond motifs is 1. The summed E-state index contributed by atoms with van der Waals surface area (Å²) in [6.45, 7) is -0.375. The van der Waals surface area contributed by atoms with Gasteiger partial charge in [-0.2, -0.15) is 0 Å². The lowest BCUT2D eigenvalue weighted by Gasteiger charge is -2.19. The third-order valence-electron chi connectivity index (χ3n) is 3.81. The molecule has 3 rings (SSSR count). The van der Waals surface area contributed by atoms with E-state index in [-0.39, 0.29) is 13.2 Å². The van der Waals surface area contributed by atoms with E-state index in [0.29, 0.717) is 23.0 Å². The number of ether oxygens (including phenoxy) is 2. The van der Waals surface area contributed by atoms with Crippen molar-refractivity contribution in [3.05, 3.63) is 12.7 Å². The van der Waals surface area contributed by atoms with Crippen LogP contribution < -0.4 is 5.32 Å². The van der Waals surface area contributed by atoms with Crippen LogP contribution in [-0.4, -0.2) is 71.0 Å². The van der Waals surface area contributed by atoms with Crippen molar-refractivity contribution >= 4 is 32.2 Å². The zero-order chi connectivity index (χ0) is 20.4. The highest BCUT2D eigenvalue weighted by Gasteiger charge is 2.25. The number of nitrogens with one attached hydrogen (secondary N) is 1. The van der Waals surface area contributed by atoms with E-state index < -0.39 is 33.9 Å². The Balaban J connectivity index is 1.79. The van der Waals surface area contributed by atoms with Crippen molar-refractivity contribution in [2.24, 2.45) is 0 Å². The average Bonchev–Trinajstić information content (AvgIpc) is 3.28. The summed E-state index contributed by atoms with van der Waals surface area (Å²) in [7, 11) is -8.73. The van der Waals surface area contributed by atoms with E-state index in [1.165, 1.54) is 12.7 Å². The Morgan fingerprint density at radius 3 is 2.21 bits per heavy atom. The zero-order valence-electron chi connectivity index (χ0n) is 14.7. The van der Waals surface area contributed by atoms with Crippen molar-refractivity contribution in [2.45, 2.75) is 24.9 Å². The molecule has 0 atom stereocenters. The molecule has 1 fully saturated rings. The number of hydrogen-bond acceptors (Lipinski definition) is 8. The average molecular weight is 437 g/mol.